The molecule has 0 aliphatic heterocycles. The van der Waals surface area contributed by atoms with Crippen LogP contribution in [0, 0.1) is 5.92 Å². The fourth-order valence-electron chi connectivity index (χ4n) is 2.80. The van der Waals surface area contributed by atoms with Gasteiger partial charge in [-0.25, -0.2) is 4.79 Å². The van der Waals surface area contributed by atoms with Crippen molar-refractivity contribution in [3.63, 3.8) is 0 Å². The lowest BCUT2D eigenvalue weighted by Crippen LogP contribution is -2.36. The van der Waals surface area contributed by atoms with Crippen LogP contribution in [-0.4, -0.2) is 37.6 Å². The van der Waals surface area contributed by atoms with Crippen LogP contribution in [-0.2, 0) is 4.74 Å². The van der Waals surface area contributed by atoms with Crippen LogP contribution in [0.1, 0.15) is 36.0 Å². The lowest BCUT2D eigenvalue weighted by Gasteiger charge is -2.32. The van der Waals surface area contributed by atoms with E-state index in [0.29, 0.717) is 16.5 Å². The first-order valence-electron chi connectivity index (χ1n) is 7.17. The van der Waals surface area contributed by atoms with Crippen molar-refractivity contribution in [2.75, 3.05) is 20.6 Å². The first-order valence-corrected chi connectivity index (χ1v) is 7.55. The smallest absolute Gasteiger partial charge is 0.338 e. The van der Waals surface area contributed by atoms with Crippen LogP contribution in [0.4, 0.5) is 0 Å². The minimum atomic E-state index is -0.239. The molecule has 1 aromatic rings. The average Bonchev–Trinajstić information content (AvgIpc) is 2.41. The van der Waals surface area contributed by atoms with Crippen LogP contribution in [0.25, 0.3) is 0 Å². The monoisotopic (exact) mass is 295 g/mol. The number of halogens is 1. The quantitative estimate of drug-likeness (QED) is 0.795. The third-order valence-corrected chi connectivity index (χ3v) is 4.03. The number of carbonyl (C=O) groups excluding carboxylic acids is 1. The van der Waals surface area contributed by atoms with Crippen LogP contribution in [0.3, 0.4) is 0 Å². The average molecular weight is 296 g/mol. The molecule has 1 aromatic carbocycles. The number of rotatable bonds is 4. The molecule has 0 N–H and O–H groups in total. The molecule has 0 amide bonds. The molecule has 0 unspecified atom stereocenters. The molecular weight excluding hydrogens is 274 g/mol. The van der Waals surface area contributed by atoms with Gasteiger partial charge in [0.1, 0.15) is 6.10 Å². The van der Waals surface area contributed by atoms with Crippen LogP contribution in [0.2, 0.25) is 5.02 Å². The molecule has 0 radical (unpaired) electrons. The fourth-order valence-corrected chi connectivity index (χ4v) is 2.92. The predicted molar refractivity (Wildman–Crippen MR) is 81.2 cm³/mol. The highest BCUT2D eigenvalue weighted by atomic mass is 35.5. The highest BCUT2D eigenvalue weighted by Gasteiger charge is 2.28. The summed E-state index contributed by atoms with van der Waals surface area (Å²) in [7, 11) is 4.12. The standard InChI is InChI=1S/C16H22ClNO2/c1-18(2)11-13-5-3-4-6-15(13)20-16(19)12-7-9-14(17)10-8-12/h7-10,13,15H,3-6,11H2,1-2H3/t13-,15+/m1/s1. The number of ether oxygens (including phenoxy) is 1. The minimum Gasteiger partial charge on any atom is -0.458 e. The summed E-state index contributed by atoms with van der Waals surface area (Å²) in [6, 6.07) is 6.87. The molecule has 1 aliphatic rings. The van der Waals surface area contributed by atoms with Crippen molar-refractivity contribution in [3.8, 4) is 0 Å². The van der Waals surface area contributed by atoms with Gasteiger partial charge in [-0.15, -0.1) is 0 Å². The number of carbonyl (C=O) groups is 1. The summed E-state index contributed by atoms with van der Waals surface area (Å²) in [4.78, 5) is 14.3. The second kappa shape index (κ2) is 7.09. The minimum absolute atomic E-state index is 0.0364. The summed E-state index contributed by atoms with van der Waals surface area (Å²) in [5.74, 6) is 0.201. The summed E-state index contributed by atoms with van der Waals surface area (Å²) in [6.45, 7) is 0.971. The van der Waals surface area contributed by atoms with Crippen molar-refractivity contribution in [3.05, 3.63) is 34.9 Å². The zero-order chi connectivity index (χ0) is 14.5. The second-order valence-corrected chi connectivity index (χ2v) is 6.19. The second-order valence-electron chi connectivity index (χ2n) is 5.76. The maximum atomic E-state index is 12.2. The molecule has 2 rings (SSSR count). The van der Waals surface area contributed by atoms with Gasteiger partial charge in [-0.05, 0) is 57.6 Å². The van der Waals surface area contributed by atoms with Gasteiger partial charge in [0, 0.05) is 17.5 Å². The first-order chi connectivity index (χ1) is 9.56. The third-order valence-electron chi connectivity index (χ3n) is 3.78. The van der Waals surface area contributed by atoms with E-state index < -0.39 is 0 Å². The molecule has 0 bridgehead atoms. The van der Waals surface area contributed by atoms with Gasteiger partial charge in [0.15, 0.2) is 0 Å². The summed E-state index contributed by atoms with van der Waals surface area (Å²) in [5.41, 5.74) is 0.573. The van der Waals surface area contributed by atoms with Crippen molar-refractivity contribution in [2.45, 2.75) is 31.8 Å². The Morgan fingerprint density at radius 1 is 1.25 bits per heavy atom. The Balaban J connectivity index is 1.99. The third kappa shape index (κ3) is 4.22. The van der Waals surface area contributed by atoms with Gasteiger partial charge in [-0.3, -0.25) is 0 Å². The molecule has 1 fully saturated rings. The van der Waals surface area contributed by atoms with Gasteiger partial charge in [0.2, 0.25) is 0 Å². The zero-order valence-electron chi connectivity index (χ0n) is 12.1. The van der Waals surface area contributed by atoms with Gasteiger partial charge in [0.25, 0.3) is 0 Å². The molecule has 1 aliphatic carbocycles. The normalized spacial score (nSPS) is 22.8. The van der Waals surface area contributed by atoms with E-state index in [-0.39, 0.29) is 12.1 Å². The Hall–Kier alpha value is -1.06. The van der Waals surface area contributed by atoms with Gasteiger partial charge < -0.3 is 9.64 Å². The van der Waals surface area contributed by atoms with Crippen LogP contribution >= 0.6 is 11.6 Å². The zero-order valence-corrected chi connectivity index (χ0v) is 12.9. The van der Waals surface area contributed by atoms with Gasteiger partial charge in [-0.1, -0.05) is 18.0 Å². The van der Waals surface area contributed by atoms with Crippen LogP contribution < -0.4 is 0 Å². The van der Waals surface area contributed by atoms with E-state index in [9.17, 15) is 4.79 Å². The Labute approximate surface area is 125 Å². The molecule has 1 saturated carbocycles. The fraction of sp³-hybridized carbons (Fsp3) is 0.562. The lowest BCUT2D eigenvalue weighted by atomic mass is 9.86. The summed E-state index contributed by atoms with van der Waals surface area (Å²) < 4.78 is 5.72. The maximum Gasteiger partial charge on any atom is 0.338 e. The van der Waals surface area contributed by atoms with E-state index in [1.54, 1.807) is 24.3 Å². The number of esters is 1. The van der Waals surface area contributed by atoms with Gasteiger partial charge in [-0.2, -0.15) is 0 Å². The molecule has 0 heterocycles. The highest BCUT2D eigenvalue weighted by molar-refractivity contribution is 6.30. The van der Waals surface area contributed by atoms with Crippen molar-refractivity contribution in [1.82, 2.24) is 4.90 Å². The molecule has 110 valence electrons. The van der Waals surface area contributed by atoms with E-state index in [4.69, 9.17) is 16.3 Å². The molecule has 0 saturated heterocycles. The number of benzene rings is 1. The van der Waals surface area contributed by atoms with Crippen LogP contribution in [0.5, 0.6) is 0 Å². The van der Waals surface area contributed by atoms with E-state index in [2.05, 4.69) is 19.0 Å². The molecule has 20 heavy (non-hydrogen) atoms. The summed E-state index contributed by atoms with van der Waals surface area (Å²) in [5, 5.41) is 0.629. The van der Waals surface area contributed by atoms with Gasteiger partial charge in [0.05, 0.1) is 5.56 Å². The first kappa shape index (κ1) is 15.3. The molecule has 2 atom stereocenters. The molecule has 4 heteroatoms. The van der Waals surface area contributed by atoms with E-state index in [1.165, 1.54) is 6.42 Å². The van der Waals surface area contributed by atoms with Crippen molar-refractivity contribution >= 4 is 17.6 Å². The van der Waals surface area contributed by atoms with Gasteiger partial charge >= 0.3 is 5.97 Å². The number of nitrogens with zero attached hydrogens (tertiary/aromatic N) is 1. The van der Waals surface area contributed by atoms with E-state index in [0.717, 1.165) is 25.8 Å². The lowest BCUT2D eigenvalue weighted by molar-refractivity contribution is -0.00324. The Kier molecular flexibility index (Phi) is 5.44. The molecular formula is C16H22ClNO2. The van der Waals surface area contributed by atoms with Crippen molar-refractivity contribution in [2.24, 2.45) is 5.92 Å². The SMILES string of the molecule is CN(C)C[C@H]1CCCC[C@@H]1OC(=O)c1ccc(Cl)cc1. The van der Waals surface area contributed by atoms with Crippen molar-refractivity contribution < 1.29 is 9.53 Å². The highest BCUT2D eigenvalue weighted by Crippen LogP contribution is 2.28. The van der Waals surface area contributed by atoms with E-state index >= 15 is 0 Å². The van der Waals surface area contributed by atoms with Crippen molar-refractivity contribution in [1.29, 1.82) is 0 Å². The Bertz CT molecular complexity index is 444. The summed E-state index contributed by atoms with van der Waals surface area (Å²) >= 11 is 5.83. The maximum absolute atomic E-state index is 12.2. The van der Waals surface area contributed by atoms with E-state index in [1.807, 2.05) is 0 Å². The Morgan fingerprint density at radius 2 is 1.90 bits per heavy atom. The molecule has 0 aromatic heterocycles. The number of hydrogen-bond acceptors (Lipinski definition) is 3. The molecule has 0 spiro atoms. The molecule has 3 nitrogen and oxygen atoms in total. The number of hydrogen-bond donors (Lipinski definition) is 0. The largest absolute Gasteiger partial charge is 0.458 e. The van der Waals surface area contributed by atoms with Crippen LogP contribution in [0.15, 0.2) is 24.3 Å². The Morgan fingerprint density at radius 3 is 2.55 bits per heavy atom. The summed E-state index contributed by atoms with van der Waals surface area (Å²) in [6.07, 6.45) is 4.51. The predicted octanol–water partition coefficient (Wildman–Crippen LogP) is 3.62. The topological polar surface area (TPSA) is 29.5 Å².